The molecular formula is C19H17F6N5O3. The van der Waals surface area contributed by atoms with Crippen LogP contribution in [0, 0.1) is 12.7 Å². The third-order valence-electron chi connectivity index (χ3n) is 4.78. The minimum Gasteiger partial charge on any atom is -0.433 e. The van der Waals surface area contributed by atoms with Gasteiger partial charge in [-0.2, -0.15) is 22.0 Å². The Kier molecular flexibility index (Phi) is 6.49. The van der Waals surface area contributed by atoms with E-state index in [1.165, 1.54) is 13.0 Å². The summed E-state index contributed by atoms with van der Waals surface area (Å²) in [6.45, 7) is -1.60. The predicted molar refractivity (Wildman–Crippen MR) is 103 cm³/mol. The second-order valence-electron chi connectivity index (χ2n) is 7.10. The average Bonchev–Trinajstić information content (AvgIpc) is 2.70. The molecule has 3 heterocycles. The van der Waals surface area contributed by atoms with Crippen LogP contribution in [0.25, 0.3) is 0 Å². The number of hydrogen-bond acceptors (Lipinski definition) is 7. The fraction of sp³-hybridized carbons (Fsp3) is 0.368. The van der Waals surface area contributed by atoms with E-state index in [1.807, 2.05) is 0 Å². The molecule has 3 rings (SSSR count). The quantitative estimate of drug-likeness (QED) is 0.638. The van der Waals surface area contributed by atoms with Crippen LogP contribution >= 0.6 is 0 Å². The topological polar surface area (TPSA) is 112 Å². The second kappa shape index (κ2) is 8.84. The first-order valence-corrected chi connectivity index (χ1v) is 9.25. The van der Waals surface area contributed by atoms with Crippen LogP contribution in [0.15, 0.2) is 29.4 Å². The molecule has 1 aliphatic heterocycles. The Morgan fingerprint density at radius 1 is 1.36 bits per heavy atom. The van der Waals surface area contributed by atoms with Gasteiger partial charge in [0.05, 0.1) is 12.8 Å². The molecular weight excluding hydrogens is 460 g/mol. The standard InChI is InChI=1S/C19H17F6N5O3/c1-8-5-9(33-17(21)22)6-27-13(8)15(31)30-12-4-3-10(20)14(29-12)11-7-32-18(2,16(26)28-11)19(23,24)25/h3-6,11,17H,7H2,1-2H3,(H2,26,28)(H,29,30,31)/t11-,18+/m0/s1. The summed E-state index contributed by atoms with van der Waals surface area (Å²) < 4.78 is 87.6. The number of anilines is 1. The molecule has 0 bridgehead atoms. The molecule has 0 aromatic carbocycles. The molecule has 0 saturated heterocycles. The Balaban J connectivity index is 1.82. The van der Waals surface area contributed by atoms with E-state index in [2.05, 4.69) is 25.0 Å². The number of rotatable bonds is 5. The van der Waals surface area contributed by atoms with E-state index in [0.29, 0.717) is 6.92 Å². The normalized spacial score (nSPS) is 21.0. The van der Waals surface area contributed by atoms with Crippen molar-refractivity contribution >= 4 is 17.6 Å². The Morgan fingerprint density at radius 2 is 2.06 bits per heavy atom. The van der Waals surface area contributed by atoms with E-state index in [-0.39, 0.29) is 22.8 Å². The highest BCUT2D eigenvalue weighted by Gasteiger charge is 2.57. The summed E-state index contributed by atoms with van der Waals surface area (Å²) in [5.41, 5.74) is 2.29. The second-order valence-corrected chi connectivity index (χ2v) is 7.10. The van der Waals surface area contributed by atoms with Gasteiger partial charge in [0.25, 0.3) is 5.91 Å². The Labute approximate surface area is 182 Å². The van der Waals surface area contributed by atoms with Gasteiger partial charge in [0.2, 0.25) is 5.60 Å². The highest BCUT2D eigenvalue weighted by atomic mass is 19.4. The fourth-order valence-corrected chi connectivity index (χ4v) is 2.91. The zero-order chi connectivity index (χ0) is 24.6. The Morgan fingerprint density at radius 3 is 2.64 bits per heavy atom. The number of aryl methyl sites for hydroxylation is 1. The van der Waals surface area contributed by atoms with Gasteiger partial charge in [-0.25, -0.2) is 14.4 Å². The number of nitrogens with zero attached hydrogens (tertiary/aromatic N) is 3. The highest BCUT2D eigenvalue weighted by molar-refractivity contribution is 6.03. The molecule has 2 aromatic rings. The Bertz CT molecular complexity index is 1090. The number of carbonyl (C=O) groups excluding carboxylic acids is 1. The van der Waals surface area contributed by atoms with Crippen molar-refractivity contribution in [1.29, 1.82) is 0 Å². The van der Waals surface area contributed by atoms with Gasteiger partial charge in [-0.15, -0.1) is 0 Å². The molecule has 14 heteroatoms. The van der Waals surface area contributed by atoms with Crippen LogP contribution in [0.5, 0.6) is 5.75 Å². The number of amides is 1. The number of aromatic nitrogens is 2. The minimum absolute atomic E-state index is 0.145. The first kappa shape index (κ1) is 24.2. The number of amidine groups is 1. The highest BCUT2D eigenvalue weighted by Crippen LogP contribution is 2.38. The molecule has 3 N–H and O–H groups in total. The number of pyridine rings is 2. The maximum atomic E-state index is 14.3. The minimum atomic E-state index is -4.84. The lowest BCUT2D eigenvalue weighted by Crippen LogP contribution is -2.57. The smallest absolute Gasteiger partial charge is 0.424 e. The Hall–Kier alpha value is -3.42. The van der Waals surface area contributed by atoms with Crippen molar-refractivity contribution in [2.24, 2.45) is 10.7 Å². The third kappa shape index (κ3) is 4.99. The van der Waals surface area contributed by atoms with Crippen LogP contribution in [0.4, 0.5) is 32.2 Å². The molecule has 178 valence electrons. The molecule has 0 spiro atoms. The van der Waals surface area contributed by atoms with Gasteiger partial charge in [-0.1, -0.05) is 0 Å². The van der Waals surface area contributed by atoms with Crippen LogP contribution in [-0.4, -0.2) is 46.7 Å². The van der Waals surface area contributed by atoms with Crippen molar-refractivity contribution in [3.63, 3.8) is 0 Å². The van der Waals surface area contributed by atoms with Crippen molar-refractivity contribution in [1.82, 2.24) is 9.97 Å². The number of halogens is 6. The van der Waals surface area contributed by atoms with Gasteiger partial charge in [0, 0.05) is 0 Å². The molecule has 1 aliphatic rings. The summed E-state index contributed by atoms with van der Waals surface area (Å²) in [5.74, 6) is -3.01. The van der Waals surface area contributed by atoms with Gasteiger partial charge < -0.3 is 20.5 Å². The van der Waals surface area contributed by atoms with Crippen LogP contribution in [-0.2, 0) is 4.74 Å². The lowest BCUT2D eigenvalue weighted by atomic mass is 10.0. The zero-order valence-electron chi connectivity index (χ0n) is 17.1. The van der Waals surface area contributed by atoms with E-state index < -0.39 is 54.3 Å². The molecule has 33 heavy (non-hydrogen) atoms. The molecule has 0 radical (unpaired) electrons. The summed E-state index contributed by atoms with van der Waals surface area (Å²) in [6, 6.07) is 1.92. The SMILES string of the molecule is Cc1cc(OC(F)F)cnc1C(=O)Nc1ccc(F)c([C@@H]2CO[C@@](C)(C(F)(F)F)C(N)=N2)n1. The largest absolute Gasteiger partial charge is 0.433 e. The molecule has 0 fully saturated rings. The van der Waals surface area contributed by atoms with Crippen molar-refractivity contribution in [2.45, 2.75) is 38.3 Å². The lowest BCUT2D eigenvalue weighted by Gasteiger charge is -2.36. The molecule has 2 atom stereocenters. The van der Waals surface area contributed by atoms with Gasteiger partial charge in [0.1, 0.15) is 40.6 Å². The lowest BCUT2D eigenvalue weighted by molar-refractivity contribution is -0.246. The summed E-state index contributed by atoms with van der Waals surface area (Å²) >= 11 is 0. The summed E-state index contributed by atoms with van der Waals surface area (Å²) in [4.78, 5) is 23.9. The number of aliphatic imine (C=N–C) groups is 1. The molecule has 0 unspecified atom stereocenters. The van der Waals surface area contributed by atoms with Gasteiger partial charge in [-0.3, -0.25) is 9.79 Å². The van der Waals surface area contributed by atoms with Crippen molar-refractivity contribution < 1.29 is 40.6 Å². The van der Waals surface area contributed by atoms with Crippen LogP contribution in [0.2, 0.25) is 0 Å². The van der Waals surface area contributed by atoms with E-state index >= 15 is 0 Å². The van der Waals surface area contributed by atoms with E-state index in [0.717, 1.165) is 18.3 Å². The van der Waals surface area contributed by atoms with Crippen LogP contribution in [0.1, 0.15) is 34.7 Å². The van der Waals surface area contributed by atoms with Gasteiger partial charge in [0.15, 0.2) is 0 Å². The summed E-state index contributed by atoms with van der Waals surface area (Å²) in [5, 5.41) is 2.35. The number of nitrogens with one attached hydrogen (secondary N) is 1. The number of ether oxygens (including phenoxy) is 2. The zero-order valence-corrected chi connectivity index (χ0v) is 17.1. The maximum Gasteiger partial charge on any atom is 0.424 e. The number of hydrogen-bond donors (Lipinski definition) is 2. The molecule has 8 nitrogen and oxygen atoms in total. The first-order valence-electron chi connectivity index (χ1n) is 9.25. The predicted octanol–water partition coefficient (Wildman–Crippen LogP) is 3.53. The van der Waals surface area contributed by atoms with Crippen molar-refractivity contribution in [3.05, 3.63) is 47.2 Å². The van der Waals surface area contributed by atoms with Gasteiger partial charge in [-0.05, 0) is 37.6 Å². The fourth-order valence-electron chi connectivity index (χ4n) is 2.91. The first-order chi connectivity index (χ1) is 15.3. The summed E-state index contributed by atoms with van der Waals surface area (Å²) in [7, 11) is 0. The van der Waals surface area contributed by atoms with Crippen molar-refractivity contribution in [3.8, 4) is 5.75 Å². The molecule has 0 saturated carbocycles. The molecule has 1 amide bonds. The van der Waals surface area contributed by atoms with E-state index in [9.17, 15) is 31.1 Å². The third-order valence-corrected chi connectivity index (χ3v) is 4.78. The van der Waals surface area contributed by atoms with Gasteiger partial charge >= 0.3 is 12.8 Å². The van der Waals surface area contributed by atoms with Crippen LogP contribution in [0.3, 0.4) is 0 Å². The number of carbonyl (C=O) groups is 1. The van der Waals surface area contributed by atoms with E-state index in [4.69, 9.17) is 10.5 Å². The maximum absolute atomic E-state index is 14.3. The number of nitrogens with two attached hydrogens (primary N) is 1. The van der Waals surface area contributed by atoms with E-state index in [1.54, 1.807) is 0 Å². The average molecular weight is 477 g/mol. The number of alkyl halides is 5. The summed E-state index contributed by atoms with van der Waals surface area (Å²) in [6.07, 6.45) is -3.92. The van der Waals surface area contributed by atoms with Crippen molar-refractivity contribution in [2.75, 3.05) is 11.9 Å². The molecule has 0 aliphatic carbocycles. The molecule has 2 aromatic heterocycles. The van der Waals surface area contributed by atoms with Crippen LogP contribution < -0.4 is 15.8 Å². The monoisotopic (exact) mass is 477 g/mol.